The molecule has 1 saturated heterocycles. The second-order valence-corrected chi connectivity index (χ2v) is 5.90. The molecule has 0 saturated carbocycles. The summed E-state index contributed by atoms with van der Waals surface area (Å²) >= 11 is 5.94. The van der Waals surface area contributed by atoms with Crippen LogP contribution in [0.2, 0.25) is 5.02 Å². The van der Waals surface area contributed by atoms with Crippen molar-refractivity contribution in [1.82, 2.24) is 15.5 Å². The van der Waals surface area contributed by atoms with Crippen LogP contribution in [0.4, 0.5) is 0 Å². The van der Waals surface area contributed by atoms with Gasteiger partial charge in [-0.1, -0.05) is 28.9 Å². The zero-order valence-electron chi connectivity index (χ0n) is 12.6. The van der Waals surface area contributed by atoms with Crippen LogP contribution in [0, 0.1) is 0 Å². The van der Waals surface area contributed by atoms with E-state index in [-0.39, 0.29) is 12.0 Å². The van der Waals surface area contributed by atoms with Gasteiger partial charge in [0.25, 0.3) is 0 Å². The summed E-state index contributed by atoms with van der Waals surface area (Å²) in [6, 6.07) is 7.23. The maximum absolute atomic E-state index is 11.8. The molecule has 0 bridgehead atoms. The number of halogens is 1. The van der Waals surface area contributed by atoms with Crippen LogP contribution in [0.15, 0.2) is 28.8 Å². The Labute approximate surface area is 139 Å². The van der Waals surface area contributed by atoms with Crippen molar-refractivity contribution >= 4 is 17.5 Å². The fraction of sp³-hybridized carbons (Fsp3) is 0.438. The Morgan fingerprint density at radius 2 is 2.35 bits per heavy atom. The highest BCUT2D eigenvalue weighted by Gasteiger charge is 2.16. The molecule has 2 aromatic rings. The smallest absolute Gasteiger partial charge is 0.227 e. The first-order valence-corrected chi connectivity index (χ1v) is 8.05. The van der Waals surface area contributed by atoms with E-state index in [0.29, 0.717) is 36.1 Å². The van der Waals surface area contributed by atoms with Crippen molar-refractivity contribution in [2.45, 2.75) is 31.8 Å². The van der Waals surface area contributed by atoms with E-state index >= 15 is 0 Å². The Kier molecular flexibility index (Phi) is 5.25. The topological polar surface area (TPSA) is 77.2 Å². The lowest BCUT2D eigenvalue weighted by Crippen LogP contribution is -2.31. The number of hydrogen-bond donors (Lipinski definition) is 1. The van der Waals surface area contributed by atoms with E-state index in [4.69, 9.17) is 20.9 Å². The number of carbonyl (C=O) groups is 1. The van der Waals surface area contributed by atoms with Gasteiger partial charge in [-0.25, -0.2) is 0 Å². The van der Waals surface area contributed by atoms with Gasteiger partial charge < -0.3 is 14.6 Å². The average molecular weight is 336 g/mol. The molecule has 1 aliphatic rings. The highest BCUT2D eigenvalue weighted by atomic mass is 35.5. The SMILES string of the molecule is O=C(CCc1nc(-c2cccc(Cl)c2)no1)NC[C@@H]1CCCO1. The Morgan fingerprint density at radius 3 is 3.13 bits per heavy atom. The zero-order chi connectivity index (χ0) is 16.1. The third-order valence-corrected chi connectivity index (χ3v) is 3.90. The molecule has 1 aromatic carbocycles. The third-order valence-electron chi connectivity index (χ3n) is 3.67. The maximum Gasteiger partial charge on any atom is 0.227 e. The largest absolute Gasteiger partial charge is 0.376 e. The molecule has 1 N–H and O–H groups in total. The van der Waals surface area contributed by atoms with Gasteiger partial charge in [0.2, 0.25) is 17.6 Å². The molecule has 6 nitrogen and oxygen atoms in total. The molecule has 2 heterocycles. The van der Waals surface area contributed by atoms with Gasteiger partial charge in [0.05, 0.1) is 6.10 Å². The van der Waals surface area contributed by atoms with Crippen molar-refractivity contribution in [3.05, 3.63) is 35.2 Å². The molecule has 1 fully saturated rings. The van der Waals surface area contributed by atoms with E-state index in [2.05, 4.69) is 15.5 Å². The number of aromatic nitrogens is 2. The van der Waals surface area contributed by atoms with Crippen molar-refractivity contribution in [2.24, 2.45) is 0 Å². The molecule has 0 radical (unpaired) electrons. The molecule has 1 amide bonds. The number of nitrogens with one attached hydrogen (secondary N) is 1. The highest BCUT2D eigenvalue weighted by Crippen LogP contribution is 2.20. The summed E-state index contributed by atoms with van der Waals surface area (Å²) in [4.78, 5) is 16.1. The van der Waals surface area contributed by atoms with Crippen LogP contribution in [-0.2, 0) is 16.0 Å². The molecular formula is C16H18ClN3O3. The monoisotopic (exact) mass is 335 g/mol. The molecule has 122 valence electrons. The van der Waals surface area contributed by atoms with E-state index in [1.165, 1.54) is 0 Å². The van der Waals surface area contributed by atoms with Crippen LogP contribution in [-0.4, -0.2) is 35.3 Å². The Morgan fingerprint density at radius 1 is 1.43 bits per heavy atom. The Hall–Kier alpha value is -1.92. The Bertz CT molecular complexity index is 668. The molecule has 0 unspecified atom stereocenters. The molecule has 7 heteroatoms. The first-order chi connectivity index (χ1) is 11.2. The molecule has 1 aromatic heterocycles. The van der Waals surface area contributed by atoms with Crippen molar-refractivity contribution in [3.8, 4) is 11.4 Å². The summed E-state index contributed by atoms with van der Waals surface area (Å²) in [5.74, 6) is 0.873. The van der Waals surface area contributed by atoms with Crippen LogP contribution < -0.4 is 5.32 Å². The molecule has 1 aliphatic heterocycles. The van der Waals surface area contributed by atoms with E-state index < -0.39 is 0 Å². The van der Waals surface area contributed by atoms with Crippen LogP contribution >= 0.6 is 11.6 Å². The van der Waals surface area contributed by atoms with E-state index in [9.17, 15) is 4.79 Å². The van der Waals surface area contributed by atoms with Crippen LogP contribution in [0.5, 0.6) is 0 Å². The minimum absolute atomic E-state index is 0.0389. The number of benzene rings is 1. The van der Waals surface area contributed by atoms with Gasteiger partial charge in [-0.15, -0.1) is 0 Å². The number of hydrogen-bond acceptors (Lipinski definition) is 5. The Balaban J connectivity index is 1.48. The number of rotatable bonds is 6. The summed E-state index contributed by atoms with van der Waals surface area (Å²) in [5, 5.41) is 7.40. The quantitative estimate of drug-likeness (QED) is 0.878. The van der Waals surface area contributed by atoms with Gasteiger partial charge in [-0.3, -0.25) is 4.79 Å². The number of amides is 1. The minimum Gasteiger partial charge on any atom is -0.376 e. The van der Waals surface area contributed by atoms with Crippen molar-refractivity contribution in [1.29, 1.82) is 0 Å². The van der Waals surface area contributed by atoms with Gasteiger partial charge in [-0.05, 0) is 25.0 Å². The lowest BCUT2D eigenvalue weighted by molar-refractivity contribution is -0.121. The van der Waals surface area contributed by atoms with Crippen molar-refractivity contribution in [3.63, 3.8) is 0 Å². The van der Waals surface area contributed by atoms with Crippen LogP contribution in [0.25, 0.3) is 11.4 Å². The third kappa shape index (κ3) is 4.53. The van der Waals surface area contributed by atoms with E-state index in [1.54, 1.807) is 12.1 Å². The normalized spacial score (nSPS) is 17.3. The van der Waals surface area contributed by atoms with Gasteiger partial charge in [0, 0.05) is 36.6 Å². The molecular weight excluding hydrogens is 318 g/mol. The summed E-state index contributed by atoms with van der Waals surface area (Å²) < 4.78 is 10.6. The van der Waals surface area contributed by atoms with Crippen molar-refractivity contribution < 1.29 is 14.1 Å². The van der Waals surface area contributed by atoms with E-state index in [0.717, 1.165) is 25.0 Å². The molecule has 3 rings (SSSR count). The molecule has 0 spiro atoms. The fourth-order valence-corrected chi connectivity index (χ4v) is 2.63. The predicted octanol–water partition coefficient (Wildman–Crippen LogP) is 2.62. The highest BCUT2D eigenvalue weighted by molar-refractivity contribution is 6.30. The summed E-state index contributed by atoms with van der Waals surface area (Å²) in [7, 11) is 0. The lowest BCUT2D eigenvalue weighted by Gasteiger charge is -2.09. The summed E-state index contributed by atoms with van der Waals surface area (Å²) in [6.07, 6.45) is 2.94. The molecule has 0 aliphatic carbocycles. The van der Waals surface area contributed by atoms with Crippen molar-refractivity contribution in [2.75, 3.05) is 13.2 Å². The number of aryl methyl sites for hydroxylation is 1. The zero-order valence-corrected chi connectivity index (χ0v) is 13.4. The molecule has 1 atom stereocenters. The predicted molar refractivity (Wildman–Crippen MR) is 85.0 cm³/mol. The minimum atomic E-state index is -0.0389. The summed E-state index contributed by atoms with van der Waals surface area (Å²) in [6.45, 7) is 1.35. The number of nitrogens with zero attached hydrogens (tertiary/aromatic N) is 2. The second kappa shape index (κ2) is 7.57. The first-order valence-electron chi connectivity index (χ1n) is 7.67. The maximum atomic E-state index is 11.8. The van der Waals surface area contributed by atoms with Crippen LogP contribution in [0.1, 0.15) is 25.2 Å². The van der Waals surface area contributed by atoms with Gasteiger partial charge in [-0.2, -0.15) is 4.98 Å². The second-order valence-electron chi connectivity index (χ2n) is 5.46. The number of carbonyl (C=O) groups excluding carboxylic acids is 1. The average Bonchev–Trinajstić information content (AvgIpc) is 3.22. The van der Waals surface area contributed by atoms with Crippen LogP contribution in [0.3, 0.4) is 0 Å². The number of ether oxygens (including phenoxy) is 1. The fourth-order valence-electron chi connectivity index (χ4n) is 2.44. The standard InChI is InChI=1S/C16H18ClN3O3/c17-12-4-1-3-11(9-12)16-19-15(23-20-16)7-6-14(21)18-10-13-5-2-8-22-13/h1,3-4,9,13H,2,5-8,10H2,(H,18,21)/t13-/m0/s1. The van der Waals surface area contributed by atoms with E-state index in [1.807, 2.05) is 12.1 Å². The lowest BCUT2D eigenvalue weighted by atomic mass is 10.2. The van der Waals surface area contributed by atoms with Gasteiger partial charge in [0.1, 0.15) is 0 Å². The summed E-state index contributed by atoms with van der Waals surface area (Å²) in [5.41, 5.74) is 0.787. The van der Waals surface area contributed by atoms with Gasteiger partial charge in [0.15, 0.2) is 0 Å². The molecule has 23 heavy (non-hydrogen) atoms. The first kappa shape index (κ1) is 16.0. The van der Waals surface area contributed by atoms with Gasteiger partial charge >= 0.3 is 0 Å².